The standard InChI is InChI=1S/C102H88Cl3N3O26Si/c1-101(2,3)135(69-45-25-11-26-46-69,70-47-27-12-28-48-70)124-59-77-81(129-92(114)62-35-15-6-16-36-62)84(131-94(116)64-39-19-8-20-40-64)78(106-100(119)123-60-102(103,104)105)97(126-77)122-58-76-82(130-93(115)63-37-17-7-18-38-63)85(132-95(117)65-41-21-9-22-42-65)80(108-89(111)73-51-31-32-52-74(73)90(108)112)99(128-76)134-83-75(57-121-91(113)61-33-13-5-14-34-61)127-98(125-68-55-53-67(120-4)54-56-68)79(86(83)133-96(118)66-43-23-10-24-44-66)107-87(109)71-49-29-30-50-72(71)88(107)110/h5-56,75-86,97-99H,57-60H2,1-4H3,(H,106,119)/t75-,76-,77-,78-,79-,80-,81-,82-,83-,84-,85-,86-,97-,98-,99+/m1/s1. The molecule has 135 heavy (non-hydrogen) atoms. The van der Waals surface area contributed by atoms with Gasteiger partial charge in [0.25, 0.3) is 31.9 Å². The Balaban J connectivity index is 0.910. The lowest BCUT2D eigenvalue weighted by atomic mass is 9.92. The first-order valence-electron chi connectivity index (χ1n) is 43.0. The lowest BCUT2D eigenvalue weighted by molar-refractivity contribution is -0.339. The second-order valence-electron chi connectivity index (χ2n) is 32.9. The van der Waals surface area contributed by atoms with Gasteiger partial charge >= 0.3 is 41.9 Å². The minimum atomic E-state index is -3.79. The van der Waals surface area contributed by atoms with Crippen LogP contribution in [0.4, 0.5) is 4.79 Å². The van der Waals surface area contributed by atoms with E-state index in [1.54, 1.807) is 72.8 Å². The maximum atomic E-state index is 16.1. The van der Waals surface area contributed by atoms with E-state index in [0.29, 0.717) is 10.6 Å². The molecule has 0 aliphatic carbocycles. The third-order valence-corrected chi connectivity index (χ3v) is 28.7. The molecule has 0 bridgehead atoms. The zero-order valence-electron chi connectivity index (χ0n) is 72.7. The smallest absolute Gasteiger partial charge is 0.407 e. The Kier molecular flexibility index (Phi) is 29.2. The Morgan fingerprint density at radius 2 is 0.674 bits per heavy atom. The summed E-state index contributed by atoms with van der Waals surface area (Å²) in [6.07, 6.45) is -26.7. The zero-order valence-corrected chi connectivity index (χ0v) is 75.9. The summed E-state index contributed by atoms with van der Waals surface area (Å²) in [5.41, 5.74) is -1.17. The second-order valence-corrected chi connectivity index (χ2v) is 39.7. The highest BCUT2D eigenvalue weighted by Gasteiger charge is 2.64. The number of amides is 5. The second kappa shape index (κ2) is 41.8. The molecule has 0 saturated carbocycles. The number of rotatable bonds is 30. The van der Waals surface area contributed by atoms with E-state index in [-0.39, 0.29) is 61.4 Å². The number of alkyl halides is 3. The van der Waals surface area contributed by atoms with E-state index in [4.69, 9.17) is 106 Å². The van der Waals surface area contributed by atoms with Crippen molar-refractivity contribution in [2.45, 2.75) is 122 Å². The van der Waals surface area contributed by atoms with Crippen LogP contribution in [0.1, 0.15) is 124 Å². The molecule has 16 rings (SSSR count). The molecule has 11 aromatic rings. The molecule has 5 aliphatic rings. The van der Waals surface area contributed by atoms with E-state index in [0.717, 1.165) is 15.3 Å². The van der Waals surface area contributed by atoms with Gasteiger partial charge in [0.1, 0.15) is 67.3 Å². The van der Waals surface area contributed by atoms with Gasteiger partial charge in [0.2, 0.25) is 10.1 Å². The fourth-order valence-electron chi connectivity index (χ4n) is 17.0. The van der Waals surface area contributed by atoms with Crippen LogP contribution in [-0.2, 0) is 61.3 Å². The van der Waals surface area contributed by atoms with Gasteiger partial charge in [-0.2, -0.15) is 0 Å². The number of carbonyl (C=O) groups excluding carboxylic acids is 11. The van der Waals surface area contributed by atoms with Gasteiger partial charge in [-0.05, 0) is 137 Å². The number of esters is 6. The predicted octanol–water partition coefficient (Wildman–Crippen LogP) is 14.0. The van der Waals surface area contributed by atoms with Crippen molar-refractivity contribution in [1.82, 2.24) is 15.1 Å². The average molecular weight is 1910 g/mol. The molecule has 0 radical (unpaired) electrons. The molecule has 3 saturated heterocycles. The third-order valence-electron chi connectivity index (χ3n) is 23.3. The maximum absolute atomic E-state index is 16.1. The van der Waals surface area contributed by atoms with E-state index in [9.17, 15) is 9.59 Å². The van der Waals surface area contributed by atoms with Crippen LogP contribution in [0.3, 0.4) is 0 Å². The maximum Gasteiger partial charge on any atom is 0.407 e. The minimum Gasteiger partial charge on any atom is -0.497 e. The number of halogens is 3. The largest absolute Gasteiger partial charge is 0.497 e. The Labute approximate surface area is 790 Å². The van der Waals surface area contributed by atoms with Crippen molar-refractivity contribution in [3.63, 3.8) is 0 Å². The van der Waals surface area contributed by atoms with Crippen LogP contribution in [0, 0.1) is 0 Å². The first-order chi connectivity index (χ1) is 65.2. The molecule has 0 aromatic heterocycles. The lowest BCUT2D eigenvalue weighted by Gasteiger charge is -2.51. The average Bonchev–Trinajstić information content (AvgIpc) is 1.39. The zero-order chi connectivity index (χ0) is 94.7. The molecule has 29 nitrogen and oxygen atoms in total. The number of ether oxygens (including phenoxy) is 14. The van der Waals surface area contributed by atoms with Crippen molar-refractivity contribution in [3.05, 3.63) is 371 Å². The Morgan fingerprint density at radius 1 is 0.356 bits per heavy atom. The molecular formula is C102H88Cl3N3O26Si. The summed E-state index contributed by atoms with van der Waals surface area (Å²) < 4.78 is 99.7. The van der Waals surface area contributed by atoms with Crippen LogP contribution in [0.25, 0.3) is 0 Å². The van der Waals surface area contributed by atoms with Crippen LogP contribution in [0.5, 0.6) is 11.5 Å². The molecule has 33 heteroatoms. The van der Waals surface area contributed by atoms with E-state index < -0.39 is 201 Å². The molecule has 0 spiro atoms. The summed E-state index contributed by atoms with van der Waals surface area (Å²) in [5, 5.41) is 3.41. The number of benzene rings is 11. The monoisotopic (exact) mass is 1900 g/mol. The number of fused-ring (bicyclic) bond motifs is 2. The van der Waals surface area contributed by atoms with Crippen LogP contribution in [-0.4, -0.2) is 213 Å². The molecule has 11 aromatic carbocycles. The van der Waals surface area contributed by atoms with E-state index in [1.807, 2.05) is 81.4 Å². The van der Waals surface area contributed by atoms with Gasteiger partial charge in [0, 0.05) is 0 Å². The molecule has 15 atom stereocenters. The minimum absolute atomic E-state index is 0.000166. The Bertz CT molecular complexity index is 5990. The first-order valence-corrected chi connectivity index (χ1v) is 46.0. The lowest BCUT2D eigenvalue weighted by Crippen LogP contribution is -2.72. The van der Waals surface area contributed by atoms with E-state index in [2.05, 4.69) is 5.32 Å². The summed E-state index contributed by atoms with van der Waals surface area (Å²) in [6, 6.07) is 75.2. The Morgan fingerprint density at radius 3 is 1.07 bits per heavy atom. The summed E-state index contributed by atoms with van der Waals surface area (Å²) in [6.45, 7) is 2.44. The van der Waals surface area contributed by atoms with Crippen molar-refractivity contribution in [2.75, 3.05) is 33.5 Å². The van der Waals surface area contributed by atoms with Gasteiger partial charge < -0.3 is 76.1 Å². The molecule has 5 heterocycles. The van der Waals surface area contributed by atoms with Gasteiger partial charge in [0.05, 0.1) is 76.0 Å². The van der Waals surface area contributed by atoms with Gasteiger partial charge in [-0.15, -0.1) is 0 Å². The molecular weight excluding hydrogens is 1820 g/mol. The van der Waals surface area contributed by atoms with Crippen molar-refractivity contribution < 1.29 is 123 Å². The number of hydrogen-bond acceptors (Lipinski definition) is 26. The summed E-state index contributed by atoms with van der Waals surface area (Å²) in [5.74, 6) is -10.3. The normalized spacial score (nSPS) is 22.6. The number of imide groups is 2. The molecule has 5 aliphatic heterocycles. The molecule has 692 valence electrons. The van der Waals surface area contributed by atoms with Crippen molar-refractivity contribution in [2.24, 2.45) is 0 Å². The molecule has 0 unspecified atom stereocenters. The number of carbonyl (C=O) groups is 11. The van der Waals surface area contributed by atoms with Crippen LogP contribution < -0.4 is 25.2 Å². The van der Waals surface area contributed by atoms with Gasteiger partial charge in [-0.25, -0.2) is 33.6 Å². The van der Waals surface area contributed by atoms with E-state index in [1.165, 1.54) is 189 Å². The fourth-order valence-corrected chi connectivity index (χ4v) is 21.8. The molecule has 5 amide bonds. The Hall–Kier alpha value is -13.8. The highest BCUT2D eigenvalue weighted by atomic mass is 35.6. The highest BCUT2D eigenvalue weighted by molar-refractivity contribution is 6.99. The number of hydrogen-bond donors (Lipinski definition) is 1. The molecule has 1 N–H and O–H groups in total. The topological polar surface area (TPSA) is 345 Å². The van der Waals surface area contributed by atoms with Crippen LogP contribution in [0.2, 0.25) is 5.04 Å². The van der Waals surface area contributed by atoms with E-state index >= 15 is 43.2 Å². The first kappa shape index (κ1) is 94.4. The van der Waals surface area contributed by atoms with Gasteiger partial charge in [-0.3, -0.25) is 29.0 Å². The van der Waals surface area contributed by atoms with Crippen LogP contribution in [0.15, 0.2) is 315 Å². The summed E-state index contributed by atoms with van der Waals surface area (Å²) in [4.78, 5) is 172. The number of nitrogens with one attached hydrogen (secondary N) is 1. The summed E-state index contributed by atoms with van der Waals surface area (Å²) >= 11 is 18.8. The quantitative estimate of drug-likeness (QED) is 0.0144. The molecule has 3 fully saturated rings. The fraction of sp³-hybridized carbons (Fsp3) is 0.245. The summed E-state index contributed by atoms with van der Waals surface area (Å²) in [7, 11) is -2.36. The van der Waals surface area contributed by atoms with Crippen molar-refractivity contribution in [1.29, 1.82) is 0 Å². The number of methoxy groups -OCH3 is 1. The SMILES string of the molecule is COc1ccc(O[C@@H]2O[C@H](COC(=O)c3ccccc3)[C@@H](O[C@@H]3O[C@H](CO[C@@H]4O[C@H](CO[Si](c5ccccc5)(c5ccccc5)C(C)(C)C)[C@@H](OC(=O)c5ccccc5)[C@H](OC(=O)c5ccccc5)[C@H]4NC(=O)OCC(Cl)(Cl)Cl)[C@@H](OC(=O)c4ccccc4)[C@H](OC(=O)c4ccccc4)[C@H]3N3C(=O)c4ccccc4C3=O)[C@H](OC(=O)c3ccccc3)[C@H]2N2C(=O)c3ccccc3C2=O)cc1. The predicted molar refractivity (Wildman–Crippen MR) is 489 cm³/mol. The van der Waals surface area contributed by atoms with Crippen molar-refractivity contribution >= 4 is 119 Å². The number of nitrogens with zero attached hydrogens (tertiary/aromatic N) is 2. The van der Waals surface area contributed by atoms with Gasteiger partial charge in [0.15, 0.2) is 43.1 Å². The highest BCUT2D eigenvalue weighted by Crippen LogP contribution is 2.45. The third kappa shape index (κ3) is 21.0. The number of alkyl carbamates (subject to hydrolysis) is 1. The van der Waals surface area contributed by atoms with Crippen molar-refractivity contribution in [3.8, 4) is 11.5 Å². The van der Waals surface area contributed by atoms with Crippen LogP contribution >= 0.6 is 34.8 Å². The van der Waals surface area contributed by atoms with Gasteiger partial charge in [-0.1, -0.05) is 250 Å².